The summed E-state index contributed by atoms with van der Waals surface area (Å²) in [5.74, 6) is -0.166. The first kappa shape index (κ1) is 12.6. The zero-order valence-electron chi connectivity index (χ0n) is 10.3. The lowest BCUT2D eigenvalue weighted by Gasteiger charge is -2.20. The van der Waals surface area contributed by atoms with Crippen LogP contribution in [0.15, 0.2) is 10.8 Å². The van der Waals surface area contributed by atoms with Crippen LogP contribution in [0.5, 0.6) is 0 Å². The second-order valence-electron chi connectivity index (χ2n) is 4.60. The Morgan fingerprint density at radius 3 is 2.78 bits per heavy atom. The van der Waals surface area contributed by atoms with Crippen LogP contribution < -0.4 is 0 Å². The highest BCUT2D eigenvalue weighted by atomic mass is 16.4. The lowest BCUT2D eigenvalue weighted by Crippen LogP contribution is -2.35. The molecule has 1 fully saturated rings. The first-order valence-electron chi connectivity index (χ1n) is 5.99. The number of carboxylic acids is 1. The minimum absolute atomic E-state index is 0.0463. The van der Waals surface area contributed by atoms with Gasteiger partial charge in [-0.1, -0.05) is 0 Å². The van der Waals surface area contributed by atoms with Gasteiger partial charge in [-0.15, -0.1) is 0 Å². The van der Waals surface area contributed by atoms with Crippen molar-refractivity contribution in [3.8, 4) is 0 Å². The molecule has 18 heavy (non-hydrogen) atoms. The molecule has 0 bridgehead atoms. The van der Waals surface area contributed by atoms with Gasteiger partial charge >= 0.3 is 5.97 Å². The molecule has 1 N–H and O–H groups in total. The van der Waals surface area contributed by atoms with Gasteiger partial charge in [-0.2, -0.15) is 0 Å². The third-order valence-electron chi connectivity index (χ3n) is 3.01. The quantitative estimate of drug-likeness (QED) is 0.825. The van der Waals surface area contributed by atoms with E-state index in [0.29, 0.717) is 18.2 Å². The summed E-state index contributed by atoms with van der Waals surface area (Å²) in [6.07, 6.45) is 3.40. The van der Waals surface area contributed by atoms with Crippen molar-refractivity contribution in [2.75, 3.05) is 13.1 Å². The lowest BCUT2D eigenvalue weighted by molar-refractivity contribution is -0.137. The first-order valence-corrected chi connectivity index (χ1v) is 5.99. The minimum Gasteiger partial charge on any atom is -0.481 e. The molecule has 0 saturated heterocycles. The monoisotopic (exact) mass is 252 g/mol. The Morgan fingerprint density at radius 2 is 2.28 bits per heavy atom. The molecular weight excluding hydrogens is 236 g/mol. The van der Waals surface area contributed by atoms with Crippen LogP contribution in [0.1, 0.15) is 35.5 Å². The van der Waals surface area contributed by atoms with E-state index in [9.17, 15) is 9.59 Å². The number of carboxylic acid groups (broad SMARTS) is 1. The van der Waals surface area contributed by atoms with Crippen molar-refractivity contribution in [1.82, 2.24) is 9.88 Å². The van der Waals surface area contributed by atoms with Crippen molar-refractivity contribution in [3.63, 3.8) is 0 Å². The Balaban J connectivity index is 2.04. The van der Waals surface area contributed by atoms with Crippen molar-refractivity contribution in [1.29, 1.82) is 0 Å². The normalized spacial score (nSPS) is 14.5. The van der Waals surface area contributed by atoms with Gasteiger partial charge in [-0.25, -0.2) is 4.98 Å². The number of oxazole rings is 1. The molecule has 1 saturated carbocycles. The third kappa shape index (κ3) is 3.09. The Labute approximate surface area is 105 Å². The van der Waals surface area contributed by atoms with Crippen LogP contribution in [-0.2, 0) is 4.79 Å². The molecule has 0 unspecified atom stereocenters. The van der Waals surface area contributed by atoms with Crippen LogP contribution in [0.3, 0.4) is 0 Å². The minimum atomic E-state index is -0.902. The van der Waals surface area contributed by atoms with Gasteiger partial charge < -0.3 is 14.4 Å². The fraction of sp³-hybridized carbons (Fsp3) is 0.583. The molecule has 1 aromatic heterocycles. The summed E-state index contributed by atoms with van der Waals surface area (Å²) in [5, 5.41) is 8.71. The van der Waals surface area contributed by atoms with Crippen LogP contribution in [0.25, 0.3) is 0 Å². The molecule has 0 radical (unpaired) electrons. The fourth-order valence-electron chi connectivity index (χ4n) is 1.78. The molecule has 0 aliphatic heterocycles. The van der Waals surface area contributed by atoms with Gasteiger partial charge in [0.15, 0.2) is 12.1 Å². The molecule has 6 nitrogen and oxygen atoms in total. The van der Waals surface area contributed by atoms with Crippen LogP contribution in [0.4, 0.5) is 0 Å². The molecule has 6 heteroatoms. The van der Waals surface area contributed by atoms with Gasteiger partial charge in [0.25, 0.3) is 5.91 Å². The highest BCUT2D eigenvalue weighted by Crippen LogP contribution is 2.30. The lowest BCUT2D eigenvalue weighted by atomic mass is 10.2. The maximum absolute atomic E-state index is 12.2. The molecule has 98 valence electrons. The number of hydrogen-bond acceptors (Lipinski definition) is 4. The number of aromatic nitrogens is 1. The average molecular weight is 252 g/mol. The number of rotatable bonds is 6. The smallest absolute Gasteiger partial charge is 0.305 e. The number of carbonyl (C=O) groups is 2. The number of aliphatic carboxylic acids is 1. The van der Waals surface area contributed by atoms with E-state index < -0.39 is 5.97 Å². The second kappa shape index (κ2) is 5.20. The van der Waals surface area contributed by atoms with Gasteiger partial charge in [-0.05, 0) is 25.7 Å². The Kier molecular flexibility index (Phi) is 3.64. The largest absolute Gasteiger partial charge is 0.481 e. The maximum Gasteiger partial charge on any atom is 0.305 e. The first-order chi connectivity index (χ1) is 8.58. The van der Waals surface area contributed by atoms with E-state index in [1.165, 1.54) is 6.39 Å². The number of amides is 1. The molecule has 0 spiro atoms. The SMILES string of the molecule is Cc1ocnc1C(=O)N(CCC(=O)O)CC1CC1. The number of aryl methyl sites for hydroxylation is 1. The van der Waals surface area contributed by atoms with Crippen LogP contribution in [0, 0.1) is 12.8 Å². The van der Waals surface area contributed by atoms with E-state index in [0.717, 1.165) is 12.8 Å². The van der Waals surface area contributed by atoms with Gasteiger partial charge in [0.1, 0.15) is 5.76 Å². The maximum atomic E-state index is 12.2. The number of carbonyl (C=O) groups excluding carboxylic acids is 1. The zero-order valence-corrected chi connectivity index (χ0v) is 10.3. The summed E-state index contributed by atoms with van der Waals surface area (Å²) in [4.78, 5) is 28.3. The molecule has 1 aliphatic carbocycles. The van der Waals surface area contributed by atoms with Crippen LogP contribution in [-0.4, -0.2) is 40.0 Å². The molecule has 0 atom stereocenters. The van der Waals surface area contributed by atoms with Crippen molar-refractivity contribution < 1.29 is 19.1 Å². The summed E-state index contributed by atoms with van der Waals surface area (Å²) in [6.45, 7) is 2.50. The zero-order chi connectivity index (χ0) is 13.1. The molecule has 0 aromatic carbocycles. The van der Waals surface area contributed by atoms with E-state index >= 15 is 0 Å². The van der Waals surface area contributed by atoms with Crippen LogP contribution >= 0.6 is 0 Å². The van der Waals surface area contributed by atoms with E-state index in [2.05, 4.69) is 4.98 Å². The molecule has 2 rings (SSSR count). The summed E-state index contributed by atoms with van der Waals surface area (Å²) in [6, 6.07) is 0. The summed E-state index contributed by atoms with van der Waals surface area (Å²) < 4.78 is 5.01. The molecule has 1 heterocycles. The highest BCUT2D eigenvalue weighted by molar-refractivity contribution is 5.93. The topological polar surface area (TPSA) is 83.6 Å². The second-order valence-corrected chi connectivity index (χ2v) is 4.60. The summed E-state index contributed by atoms with van der Waals surface area (Å²) >= 11 is 0. The summed E-state index contributed by atoms with van der Waals surface area (Å²) in [7, 11) is 0. The van der Waals surface area contributed by atoms with Gasteiger partial charge in [0.05, 0.1) is 6.42 Å². The Morgan fingerprint density at radius 1 is 1.56 bits per heavy atom. The van der Waals surface area contributed by atoms with E-state index in [4.69, 9.17) is 9.52 Å². The van der Waals surface area contributed by atoms with Crippen molar-refractivity contribution >= 4 is 11.9 Å². The van der Waals surface area contributed by atoms with Crippen molar-refractivity contribution in [3.05, 3.63) is 17.8 Å². The Bertz CT molecular complexity index is 451. The summed E-state index contributed by atoms with van der Waals surface area (Å²) in [5.41, 5.74) is 0.279. The standard InChI is InChI=1S/C12H16N2O4/c1-8-11(13-7-18-8)12(17)14(5-4-10(15)16)6-9-2-3-9/h7,9H,2-6H2,1H3,(H,15,16). The Hall–Kier alpha value is -1.85. The predicted molar refractivity (Wildman–Crippen MR) is 62.1 cm³/mol. The van der Waals surface area contributed by atoms with E-state index in [1.807, 2.05) is 0 Å². The van der Waals surface area contributed by atoms with Gasteiger partial charge in [0, 0.05) is 13.1 Å². The van der Waals surface area contributed by atoms with E-state index in [-0.39, 0.29) is 24.6 Å². The number of nitrogens with zero attached hydrogens (tertiary/aromatic N) is 2. The highest BCUT2D eigenvalue weighted by Gasteiger charge is 2.29. The molecule has 1 aromatic rings. The molecule has 1 aliphatic rings. The predicted octanol–water partition coefficient (Wildman–Crippen LogP) is 1.31. The van der Waals surface area contributed by atoms with Crippen molar-refractivity contribution in [2.45, 2.75) is 26.2 Å². The molecular formula is C12H16N2O4. The number of hydrogen-bond donors (Lipinski definition) is 1. The third-order valence-corrected chi connectivity index (χ3v) is 3.01. The van der Waals surface area contributed by atoms with Gasteiger partial charge in [-0.3, -0.25) is 9.59 Å². The fourth-order valence-corrected chi connectivity index (χ4v) is 1.78. The van der Waals surface area contributed by atoms with Crippen molar-refractivity contribution in [2.24, 2.45) is 5.92 Å². The van der Waals surface area contributed by atoms with Crippen LogP contribution in [0.2, 0.25) is 0 Å². The van der Waals surface area contributed by atoms with Gasteiger partial charge in [0.2, 0.25) is 0 Å². The molecule has 1 amide bonds. The van der Waals surface area contributed by atoms with E-state index in [1.54, 1.807) is 11.8 Å². The average Bonchev–Trinajstić information content (AvgIpc) is 3.04.